The third-order valence-corrected chi connectivity index (χ3v) is 7.43. The van der Waals surface area contributed by atoms with E-state index < -0.39 is 0 Å². The Bertz CT molecular complexity index is 1070. The van der Waals surface area contributed by atoms with E-state index in [4.69, 9.17) is 29.2 Å². The van der Waals surface area contributed by atoms with Gasteiger partial charge in [-0.1, -0.05) is 166 Å². The van der Waals surface area contributed by atoms with Gasteiger partial charge in [-0.25, -0.2) is 0 Å². The summed E-state index contributed by atoms with van der Waals surface area (Å²) < 4.78 is 33.2. The molecule has 18 heteroatoms. The van der Waals surface area contributed by atoms with Crippen molar-refractivity contribution in [3.8, 4) is 17.2 Å². The van der Waals surface area contributed by atoms with Crippen molar-refractivity contribution in [2.24, 2.45) is 0 Å². The van der Waals surface area contributed by atoms with Crippen molar-refractivity contribution in [1.82, 2.24) is 0 Å². The van der Waals surface area contributed by atoms with E-state index in [9.17, 15) is 20.4 Å². The topological polar surface area (TPSA) is 217 Å². The quantitative estimate of drug-likeness (QED) is 0.174. The monoisotopic (exact) mass is 1050 g/mol. The fraction of sp³-hybridized carbons (Fsp3) is 0.654. The number of benzene rings is 3. The Balaban J connectivity index is -0.0000000338. The molecule has 0 amide bonds. The molecule has 7 aliphatic rings. The summed E-state index contributed by atoms with van der Waals surface area (Å²) in [5.41, 5.74) is 0. The van der Waals surface area contributed by atoms with Crippen LogP contribution >= 0.6 is 0 Å². The van der Waals surface area contributed by atoms with Crippen LogP contribution in [-0.4, -0.2) is 120 Å². The van der Waals surface area contributed by atoms with E-state index in [-0.39, 0.29) is 267 Å². The van der Waals surface area contributed by atoms with Gasteiger partial charge in [-0.05, 0) is 44.2 Å². The Hall–Kier alpha value is 1.66. The van der Waals surface area contributed by atoms with Crippen molar-refractivity contribution < 1.29 is 214 Å². The summed E-state index contributed by atoms with van der Waals surface area (Å²) in [5, 5.41) is 56.4. The zero-order valence-corrected chi connectivity index (χ0v) is 48.3. The normalized spacial score (nSPS) is 18.9. The van der Waals surface area contributed by atoms with Gasteiger partial charge in [0, 0.05) is 14.6 Å². The summed E-state index contributed by atoms with van der Waals surface area (Å²) in [4.78, 5) is 0. The number of rotatable bonds is 6. The smallest absolute Gasteiger partial charge is 1.00 e. The predicted octanol–water partition coefficient (Wildman–Crippen LogP) is -5.93. The number of epoxide rings is 6. The maximum Gasteiger partial charge on any atom is 1.00 e. The Morgan fingerprint density at radius 3 is 0.729 bits per heavy atom. The Morgan fingerprint density at radius 2 is 0.671 bits per heavy atom. The maximum absolute atomic E-state index is 10.3. The molecule has 7 saturated heterocycles. The first kappa shape index (κ1) is 108. The average molecular weight is 1050 g/mol. The molecule has 0 saturated carbocycles. The van der Waals surface area contributed by atoms with Crippen molar-refractivity contribution in [3.63, 3.8) is 0 Å². The summed E-state index contributed by atoms with van der Waals surface area (Å²) in [7, 11) is 0. The summed E-state index contributed by atoms with van der Waals surface area (Å²) in [5.74, 6) is 0.465. The van der Waals surface area contributed by atoms with E-state index in [1.807, 2.05) is 18.2 Å². The third kappa shape index (κ3) is 89.2. The molecule has 6 atom stereocenters. The van der Waals surface area contributed by atoms with Crippen molar-refractivity contribution in [2.75, 3.05) is 72.7 Å². The second kappa shape index (κ2) is 77.2. The summed E-state index contributed by atoms with van der Waals surface area (Å²) in [6.45, 7) is 13.7. The van der Waals surface area contributed by atoms with Crippen LogP contribution in [0.5, 0.6) is 17.2 Å². The van der Waals surface area contributed by atoms with E-state index in [0.29, 0.717) is 37.3 Å². The van der Waals surface area contributed by atoms with Crippen LogP contribution in [0.15, 0.2) is 91.0 Å². The first-order valence-corrected chi connectivity index (χ1v) is 19.5. The van der Waals surface area contributed by atoms with Crippen LogP contribution < -0.4 is 168 Å². The number of aliphatic hydroxyl groups excluding tert-OH is 1. The van der Waals surface area contributed by atoms with Crippen LogP contribution in [0.25, 0.3) is 0 Å². The molecule has 394 valence electrons. The molecular formula is C52H103Na5O13. The number of phenols is 1. The molecule has 13 nitrogen and oxygen atoms in total. The van der Waals surface area contributed by atoms with E-state index in [0.717, 1.165) is 39.6 Å². The molecule has 7 fully saturated rings. The van der Waals surface area contributed by atoms with E-state index in [2.05, 4.69) is 35.0 Å². The van der Waals surface area contributed by atoms with E-state index in [1.54, 1.807) is 48.5 Å². The minimum Gasteiger partial charge on any atom is -1.00 e. The molecule has 7 aliphatic heterocycles. The van der Waals surface area contributed by atoms with Gasteiger partial charge in [0.2, 0.25) is 0 Å². The third-order valence-electron chi connectivity index (χ3n) is 7.43. The van der Waals surface area contributed by atoms with Crippen LogP contribution in [0, 0.1) is 0 Å². The summed E-state index contributed by atoms with van der Waals surface area (Å²) in [6, 6.07) is 25.4. The molecule has 0 bridgehead atoms. The Labute approximate surface area is 545 Å². The van der Waals surface area contributed by atoms with Gasteiger partial charge in [0.1, 0.15) is 11.9 Å². The second-order valence-electron chi connectivity index (χ2n) is 12.8. The van der Waals surface area contributed by atoms with Gasteiger partial charge in [0.15, 0.2) is 0 Å². The number of para-hydroxylation sites is 3. The number of hydrogen-bond acceptors (Lipinski definition) is 13. The fourth-order valence-electron chi connectivity index (χ4n) is 3.19. The van der Waals surface area contributed by atoms with Crippen molar-refractivity contribution >= 4 is 0 Å². The molecule has 3 aromatic carbocycles. The number of ether oxygens (including phenoxy) is 7. The molecule has 7 heterocycles. The molecular weight excluding hydrogens is 948 g/mol. The minimum atomic E-state index is -0.0556. The van der Waals surface area contributed by atoms with Gasteiger partial charge in [0.05, 0.1) is 76.8 Å². The van der Waals surface area contributed by atoms with Crippen LogP contribution in [0.1, 0.15) is 123 Å². The standard InChI is InChI=1S/3C6H6O.4C4H8O.C3H6O2.2C3H5O2.9CH4.5Na.H2.H/c3*7-6-4-2-1-3-5-6;3*1-2-4-3-5-4;1-2-4-5-3-1;3*4-1-3-2-5-3;;;;;;;;;;;;;;;;/h3*1-5,7H;3*4H,2-3H2,1H3;1-4H2;3-4H,1-2H2;2*3H,1-2H2;9*1H4;;;;;;1H;/q;;;;;;;;2*-1;;;;;;;;;;5*+1;;-1/p-2. The van der Waals surface area contributed by atoms with E-state index in [1.165, 1.54) is 56.4 Å². The fourth-order valence-corrected chi connectivity index (χ4v) is 3.19. The van der Waals surface area contributed by atoms with Gasteiger partial charge in [0.25, 0.3) is 0 Å². The van der Waals surface area contributed by atoms with Gasteiger partial charge < -0.3 is 65.2 Å². The van der Waals surface area contributed by atoms with Crippen molar-refractivity contribution in [2.45, 2.75) is 156 Å². The Kier molecular flexibility index (Phi) is 119. The molecule has 0 radical (unpaired) electrons. The van der Waals surface area contributed by atoms with Crippen LogP contribution in [0.4, 0.5) is 0 Å². The van der Waals surface area contributed by atoms with Gasteiger partial charge >= 0.3 is 148 Å². The average Bonchev–Trinajstić information content (AvgIpc) is 4.04. The molecule has 0 spiro atoms. The molecule has 0 aliphatic carbocycles. The van der Waals surface area contributed by atoms with Gasteiger partial charge in [-0.15, -0.1) is 24.7 Å². The van der Waals surface area contributed by atoms with Crippen LogP contribution in [0.3, 0.4) is 0 Å². The molecule has 6 unspecified atom stereocenters. The molecule has 10 rings (SSSR count). The zero-order valence-electron chi connectivity index (χ0n) is 39.3. The van der Waals surface area contributed by atoms with Gasteiger partial charge in [-0.3, -0.25) is 0 Å². The minimum absolute atomic E-state index is 0. The summed E-state index contributed by atoms with van der Waals surface area (Å²) in [6.07, 6.45) is 8.39. The first-order valence-electron chi connectivity index (χ1n) is 19.5. The number of hydrogen-bond donors (Lipinski definition) is 2. The van der Waals surface area contributed by atoms with Crippen molar-refractivity contribution in [1.29, 1.82) is 0 Å². The number of aliphatic hydroxyl groups is 1. The molecule has 70 heavy (non-hydrogen) atoms. The van der Waals surface area contributed by atoms with E-state index >= 15 is 0 Å². The second-order valence-corrected chi connectivity index (χ2v) is 12.8. The molecule has 2 N–H and O–H groups in total. The number of aromatic hydroxyl groups is 1. The Morgan fingerprint density at radius 1 is 0.443 bits per heavy atom. The van der Waals surface area contributed by atoms with Gasteiger partial charge in [-0.2, -0.15) is 0 Å². The summed E-state index contributed by atoms with van der Waals surface area (Å²) >= 11 is 0. The van der Waals surface area contributed by atoms with Crippen LogP contribution in [0.2, 0.25) is 0 Å². The SMILES string of the molecule is C.C.C.C.C.C.C.C.C.C1CCOC1.CCC1CO1.CCC1CO1.CCC1CO1.OCC1CO1.Oc1ccccc1.[H-].[HH].[Na+].[Na+].[Na+].[Na+].[Na+].[O-]CC1CO1.[O-]CC1CO1.[O-]c1ccccc1.[O-]c1ccccc1. The number of phenolic OH excluding ortho intramolecular Hbond substituents is 1. The largest absolute Gasteiger partial charge is 1.00 e. The zero-order chi connectivity index (χ0) is 41.1. The van der Waals surface area contributed by atoms with Crippen LogP contribution in [-0.2, 0) is 33.2 Å². The first-order chi connectivity index (χ1) is 27.3. The molecule has 3 aromatic rings. The van der Waals surface area contributed by atoms with Crippen molar-refractivity contribution in [3.05, 3.63) is 91.0 Å². The predicted molar refractivity (Wildman–Crippen MR) is 270 cm³/mol. The maximum atomic E-state index is 10.3. The molecule has 0 aromatic heterocycles.